The number of piperidine rings is 1. The number of anilines is 2. The molecule has 1 aliphatic rings. The lowest BCUT2D eigenvalue weighted by atomic mass is 10.0. The highest BCUT2D eigenvalue weighted by atomic mass is 35.5. The second-order valence-corrected chi connectivity index (χ2v) is 7.52. The molecule has 2 aromatic rings. The summed E-state index contributed by atoms with van der Waals surface area (Å²) in [6, 6.07) is 3.63. The van der Waals surface area contributed by atoms with Crippen molar-refractivity contribution in [3.05, 3.63) is 46.7 Å². The Hall–Kier alpha value is -2.88. The maximum atomic E-state index is 12.8. The number of rotatable bonds is 5. The molecule has 3 heterocycles. The van der Waals surface area contributed by atoms with Gasteiger partial charge in [-0.15, -0.1) is 0 Å². The summed E-state index contributed by atoms with van der Waals surface area (Å²) in [4.78, 5) is 33.8. The third kappa shape index (κ3) is 5.84. The Bertz CT molecular complexity index is 970. The van der Waals surface area contributed by atoms with E-state index in [1.807, 2.05) is 0 Å². The fourth-order valence-electron chi connectivity index (χ4n) is 3.25. The van der Waals surface area contributed by atoms with Gasteiger partial charge < -0.3 is 15.5 Å². The van der Waals surface area contributed by atoms with Gasteiger partial charge in [-0.1, -0.05) is 18.5 Å². The maximum absolute atomic E-state index is 12.8. The van der Waals surface area contributed by atoms with E-state index in [2.05, 4.69) is 20.6 Å². The van der Waals surface area contributed by atoms with Crippen LogP contribution in [0.4, 0.5) is 24.8 Å². The van der Waals surface area contributed by atoms with Gasteiger partial charge in [-0.2, -0.15) is 13.2 Å². The molecule has 0 spiro atoms. The van der Waals surface area contributed by atoms with Crippen LogP contribution < -0.4 is 15.5 Å². The number of hydrogen-bond donors (Lipinski definition) is 2. The highest BCUT2D eigenvalue weighted by Gasteiger charge is 2.32. The number of carbonyl (C=O) groups is 2. The number of nitrogens with one attached hydrogen (secondary N) is 2. The van der Waals surface area contributed by atoms with Crippen molar-refractivity contribution in [3.8, 4) is 0 Å². The van der Waals surface area contributed by atoms with Crippen LogP contribution in [-0.4, -0.2) is 40.9 Å². The molecule has 2 N–H and O–H groups in total. The zero-order chi connectivity index (χ0) is 22.6. The SMILES string of the molecule is CCC(=O)Nc1cc(C(=O)N[C@H]2CCCN(c3ncc(C(F)(F)F)cc3Cl)C2)ccn1. The molecule has 2 amide bonds. The van der Waals surface area contributed by atoms with E-state index in [4.69, 9.17) is 11.6 Å². The summed E-state index contributed by atoms with van der Waals surface area (Å²) < 4.78 is 38.5. The van der Waals surface area contributed by atoms with Crippen LogP contribution in [0.2, 0.25) is 5.02 Å². The van der Waals surface area contributed by atoms with Gasteiger partial charge >= 0.3 is 6.18 Å². The zero-order valence-electron chi connectivity index (χ0n) is 16.7. The van der Waals surface area contributed by atoms with E-state index in [9.17, 15) is 22.8 Å². The Morgan fingerprint density at radius 3 is 2.74 bits per heavy atom. The van der Waals surface area contributed by atoms with Crippen molar-refractivity contribution in [3.63, 3.8) is 0 Å². The number of hydrogen-bond acceptors (Lipinski definition) is 5. The lowest BCUT2D eigenvalue weighted by Crippen LogP contribution is -2.48. The normalized spacial score (nSPS) is 16.7. The summed E-state index contributed by atoms with van der Waals surface area (Å²) >= 11 is 6.06. The molecule has 0 saturated carbocycles. The van der Waals surface area contributed by atoms with E-state index in [0.717, 1.165) is 12.3 Å². The number of amides is 2. The van der Waals surface area contributed by atoms with Gasteiger partial charge in [0.15, 0.2) is 0 Å². The van der Waals surface area contributed by atoms with Crippen molar-refractivity contribution >= 4 is 35.1 Å². The second kappa shape index (κ2) is 9.51. The first-order valence-electron chi connectivity index (χ1n) is 9.72. The first-order valence-corrected chi connectivity index (χ1v) is 10.1. The number of alkyl halides is 3. The average molecular weight is 456 g/mol. The molecule has 2 aromatic heterocycles. The van der Waals surface area contributed by atoms with Crippen LogP contribution >= 0.6 is 11.6 Å². The number of halogens is 4. The summed E-state index contributed by atoms with van der Waals surface area (Å²) in [5.41, 5.74) is -0.573. The average Bonchev–Trinajstić information content (AvgIpc) is 2.73. The molecule has 0 bridgehead atoms. The molecule has 0 aliphatic carbocycles. The second-order valence-electron chi connectivity index (χ2n) is 7.12. The lowest BCUT2D eigenvalue weighted by molar-refractivity contribution is -0.137. The minimum atomic E-state index is -4.52. The summed E-state index contributed by atoms with van der Waals surface area (Å²) in [7, 11) is 0. The Kier molecular flexibility index (Phi) is 6.99. The Morgan fingerprint density at radius 1 is 1.29 bits per heavy atom. The summed E-state index contributed by atoms with van der Waals surface area (Å²) in [6.45, 7) is 2.62. The standard InChI is InChI=1S/C20H21ClF3N5O2/c1-2-17(30)28-16-8-12(5-6-25-16)19(31)27-14-4-3-7-29(11-14)18-15(21)9-13(10-26-18)20(22,23)24/h5-6,8-10,14H,2-4,7,11H2,1H3,(H,27,31)(H,25,28,30)/t14-/m0/s1. The lowest BCUT2D eigenvalue weighted by Gasteiger charge is -2.34. The predicted molar refractivity (Wildman–Crippen MR) is 110 cm³/mol. The van der Waals surface area contributed by atoms with Crippen molar-refractivity contribution in [1.82, 2.24) is 15.3 Å². The Balaban J connectivity index is 1.67. The quantitative estimate of drug-likeness (QED) is 0.714. The van der Waals surface area contributed by atoms with Crippen LogP contribution in [-0.2, 0) is 11.0 Å². The first kappa shape index (κ1) is 22.8. The largest absolute Gasteiger partial charge is 0.417 e. The number of aromatic nitrogens is 2. The van der Waals surface area contributed by atoms with Crippen molar-refractivity contribution < 1.29 is 22.8 Å². The van der Waals surface area contributed by atoms with Crippen molar-refractivity contribution in [2.75, 3.05) is 23.3 Å². The molecule has 0 radical (unpaired) electrons. The van der Waals surface area contributed by atoms with Gasteiger partial charge in [-0.3, -0.25) is 9.59 Å². The molecule has 1 aliphatic heterocycles. The van der Waals surface area contributed by atoms with Gasteiger partial charge in [0.05, 0.1) is 10.6 Å². The van der Waals surface area contributed by atoms with E-state index in [-0.39, 0.29) is 40.9 Å². The van der Waals surface area contributed by atoms with E-state index in [0.29, 0.717) is 31.5 Å². The Labute approximate surface area is 182 Å². The minimum absolute atomic E-state index is 0.0905. The minimum Gasteiger partial charge on any atom is -0.353 e. The molecule has 3 rings (SSSR count). The van der Waals surface area contributed by atoms with E-state index in [1.54, 1.807) is 11.8 Å². The summed E-state index contributed by atoms with van der Waals surface area (Å²) in [6.07, 6.45) is -0.640. The highest BCUT2D eigenvalue weighted by Crippen LogP contribution is 2.34. The van der Waals surface area contributed by atoms with Crippen LogP contribution in [0.5, 0.6) is 0 Å². The molecular weight excluding hydrogens is 435 g/mol. The van der Waals surface area contributed by atoms with Gasteiger partial charge in [0.1, 0.15) is 11.6 Å². The molecule has 7 nitrogen and oxygen atoms in total. The monoisotopic (exact) mass is 455 g/mol. The van der Waals surface area contributed by atoms with Gasteiger partial charge in [0.2, 0.25) is 5.91 Å². The van der Waals surface area contributed by atoms with Gasteiger partial charge in [0, 0.05) is 43.5 Å². The van der Waals surface area contributed by atoms with E-state index in [1.165, 1.54) is 18.3 Å². The summed E-state index contributed by atoms with van der Waals surface area (Å²) in [5, 5.41) is 5.42. The number of pyridine rings is 2. The van der Waals surface area contributed by atoms with Crippen LogP contribution in [0.1, 0.15) is 42.1 Å². The predicted octanol–water partition coefficient (Wildman–Crippen LogP) is 3.90. The van der Waals surface area contributed by atoms with Crippen molar-refractivity contribution in [1.29, 1.82) is 0 Å². The van der Waals surface area contributed by atoms with Crippen molar-refractivity contribution in [2.24, 2.45) is 0 Å². The maximum Gasteiger partial charge on any atom is 0.417 e. The van der Waals surface area contributed by atoms with Crippen LogP contribution in [0.25, 0.3) is 0 Å². The smallest absolute Gasteiger partial charge is 0.353 e. The topological polar surface area (TPSA) is 87.2 Å². The number of nitrogens with zero attached hydrogens (tertiary/aromatic N) is 3. The van der Waals surface area contributed by atoms with Crippen LogP contribution in [0.3, 0.4) is 0 Å². The molecule has 0 unspecified atom stereocenters. The Morgan fingerprint density at radius 2 is 2.06 bits per heavy atom. The van der Waals surface area contributed by atoms with Gasteiger partial charge in [-0.05, 0) is 31.0 Å². The fourth-order valence-corrected chi connectivity index (χ4v) is 3.53. The zero-order valence-corrected chi connectivity index (χ0v) is 17.4. The van der Waals surface area contributed by atoms with E-state index < -0.39 is 11.7 Å². The molecule has 11 heteroatoms. The first-order chi connectivity index (χ1) is 14.7. The number of carbonyl (C=O) groups excluding carboxylic acids is 2. The van der Waals surface area contributed by atoms with Crippen LogP contribution in [0, 0.1) is 0 Å². The molecular formula is C20H21ClF3N5O2. The summed E-state index contributed by atoms with van der Waals surface area (Å²) in [5.74, 6) is -0.0192. The van der Waals surface area contributed by atoms with E-state index >= 15 is 0 Å². The molecule has 1 saturated heterocycles. The third-order valence-corrected chi connectivity index (χ3v) is 5.09. The highest BCUT2D eigenvalue weighted by molar-refractivity contribution is 6.33. The molecule has 0 aromatic carbocycles. The molecule has 31 heavy (non-hydrogen) atoms. The van der Waals surface area contributed by atoms with Gasteiger partial charge in [0.25, 0.3) is 5.91 Å². The fraction of sp³-hybridized carbons (Fsp3) is 0.400. The molecule has 166 valence electrons. The van der Waals surface area contributed by atoms with Crippen LogP contribution in [0.15, 0.2) is 30.6 Å². The van der Waals surface area contributed by atoms with Crippen molar-refractivity contribution in [2.45, 2.75) is 38.4 Å². The third-order valence-electron chi connectivity index (χ3n) is 4.82. The molecule has 1 fully saturated rings. The molecule has 1 atom stereocenters. The van der Waals surface area contributed by atoms with Gasteiger partial charge in [-0.25, -0.2) is 9.97 Å².